The molecule has 6 nitrogen and oxygen atoms in total. The van der Waals surface area contributed by atoms with Crippen molar-refractivity contribution in [3.8, 4) is 5.75 Å². The topological polar surface area (TPSA) is 71.1 Å². The lowest BCUT2D eigenvalue weighted by Crippen LogP contribution is -2.35. The molecule has 2 aromatic carbocycles. The molecular weight excluding hydrogens is 408 g/mol. The third-order valence-electron chi connectivity index (χ3n) is 4.49. The van der Waals surface area contributed by atoms with Crippen molar-refractivity contribution in [3.05, 3.63) is 71.3 Å². The zero-order valence-corrected chi connectivity index (χ0v) is 19.3. The van der Waals surface area contributed by atoms with Crippen LogP contribution in [0.15, 0.2) is 60.2 Å². The summed E-state index contributed by atoms with van der Waals surface area (Å²) in [6.07, 6.45) is -0.229. The zero-order valence-electron chi connectivity index (χ0n) is 19.3. The van der Waals surface area contributed by atoms with Gasteiger partial charge in [0.1, 0.15) is 17.3 Å². The van der Waals surface area contributed by atoms with Gasteiger partial charge in [0.15, 0.2) is 6.10 Å². The molecule has 1 atom stereocenters. The van der Waals surface area contributed by atoms with Crippen molar-refractivity contribution in [2.45, 2.75) is 58.5 Å². The minimum atomic E-state index is -1.10. The summed E-state index contributed by atoms with van der Waals surface area (Å²) in [4.78, 5) is 24.4. The van der Waals surface area contributed by atoms with Crippen LogP contribution in [-0.2, 0) is 37.0 Å². The minimum absolute atomic E-state index is 0.184. The molecule has 0 N–H and O–H groups in total. The van der Waals surface area contributed by atoms with E-state index in [0.717, 1.165) is 16.9 Å². The summed E-state index contributed by atoms with van der Waals surface area (Å²) < 4.78 is 22.1. The summed E-state index contributed by atoms with van der Waals surface area (Å²) in [5.74, 6) is 2.10. The van der Waals surface area contributed by atoms with Crippen LogP contribution in [0.1, 0.15) is 44.7 Å². The Labute approximate surface area is 190 Å². The number of hydrogen-bond donors (Lipinski definition) is 0. The molecule has 0 spiro atoms. The predicted molar refractivity (Wildman–Crippen MR) is 122 cm³/mol. The van der Waals surface area contributed by atoms with Crippen LogP contribution < -0.4 is 4.74 Å². The van der Waals surface area contributed by atoms with Gasteiger partial charge in [-0.15, -0.1) is 0 Å². The number of hydrogen-bond acceptors (Lipinski definition) is 6. The monoisotopic (exact) mass is 440 g/mol. The predicted octanol–water partition coefficient (Wildman–Crippen LogP) is 4.68. The lowest BCUT2D eigenvalue weighted by molar-refractivity contribution is -0.166. The van der Waals surface area contributed by atoms with Crippen LogP contribution in [-0.4, -0.2) is 37.3 Å². The van der Waals surface area contributed by atoms with Gasteiger partial charge >= 0.3 is 5.97 Å². The third-order valence-corrected chi connectivity index (χ3v) is 4.49. The molecule has 0 bridgehead atoms. The van der Waals surface area contributed by atoms with E-state index in [1.54, 1.807) is 27.9 Å². The summed E-state index contributed by atoms with van der Waals surface area (Å²) in [6, 6.07) is 17.1. The van der Waals surface area contributed by atoms with E-state index in [4.69, 9.17) is 18.9 Å². The largest absolute Gasteiger partial charge is 0.497 e. The van der Waals surface area contributed by atoms with Gasteiger partial charge in [-0.3, -0.25) is 0 Å². The van der Waals surface area contributed by atoms with Crippen LogP contribution in [0.25, 0.3) is 0 Å². The second-order valence-corrected chi connectivity index (χ2v) is 8.34. The van der Waals surface area contributed by atoms with Gasteiger partial charge in [-0.25, -0.2) is 9.59 Å². The molecule has 2 rings (SSSR count). The average Bonchev–Trinajstić information content (AvgIpc) is 2.77. The van der Waals surface area contributed by atoms with Crippen molar-refractivity contribution < 1.29 is 28.5 Å². The summed E-state index contributed by atoms with van der Waals surface area (Å²) in [5.41, 5.74) is 1.45. The van der Waals surface area contributed by atoms with Crippen LogP contribution in [0.2, 0.25) is 0 Å². The van der Waals surface area contributed by atoms with E-state index in [1.807, 2.05) is 60.5 Å². The smallest absolute Gasteiger partial charge is 0.340 e. The van der Waals surface area contributed by atoms with Crippen molar-refractivity contribution in [3.63, 3.8) is 0 Å². The molecule has 2 aromatic rings. The molecule has 0 fully saturated rings. The lowest BCUT2D eigenvalue weighted by Gasteiger charge is -2.24. The number of ether oxygens (including phenoxy) is 4. The van der Waals surface area contributed by atoms with Gasteiger partial charge in [-0.2, -0.15) is 0 Å². The Morgan fingerprint density at radius 1 is 0.969 bits per heavy atom. The molecule has 172 valence electrons. The number of rotatable bonds is 12. The standard InChI is InChI=1S/C26H32O6/c1-26(2,3)32-25(28)24(31-19-20-9-6-5-7-10-20)22(17-27)11-8-16-30-18-21-12-14-23(29-4)15-13-21/h5-7,9-10,12-15,24H,8,11,16,18-19H2,1-4H3. The molecule has 0 heterocycles. The molecule has 0 amide bonds. The van der Waals surface area contributed by atoms with Crippen molar-refractivity contribution in [1.29, 1.82) is 0 Å². The lowest BCUT2D eigenvalue weighted by atomic mass is 10.1. The first-order valence-corrected chi connectivity index (χ1v) is 10.7. The Morgan fingerprint density at radius 3 is 2.22 bits per heavy atom. The SMILES string of the molecule is COc1ccc(COCCCC(=C=O)C(OCc2ccccc2)C(=O)OC(C)(C)C)cc1. The van der Waals surface area contributed by atoms with Gasteiger partial charge in [0.05, 0.1) is 25.9 Å². The average molecular weight is 441 g/mol. The Hall–Kier alpha value is -2.92. The number of carbonyl (C=O) groups is 1. The molecule has 32 heavy (non-hydrogen) atoms. The number of methoxy groups -OCH3 is 1. The summed E-state index contributed by atoms with van der Waals surface area (Å²) in [5, 5.41) is 0. The van der Waals surface area contributed by atoms with Crippen molar-refractivity contribution in [1.82, 2.24) is 0 Å². The first-order chi connectivity index (χ1) is 15.3. The molecule has 0 radical (unpaired) electrons. The molecule has 6 heteroatoms. The molecule has 1 unspecified atom stereocenters. The Balaban J connectivity index is 1.91. The van der Waals surface area contributed by atoms with E-state index in [1.165, 1.54) is 0 Å². The van der Waals surface area contributed by atoms with Gasteiger partial charge in [0.2, 0.25) is 0 Å². The molecular formula is C26H32O6. The molecule has 0 aromatic heterocycles. The van der Waals surface area contributed by atoms with Crippen LogP contribution >= 0.6 is 0 Å². The highest BCUT2D eigenvalue weighted by Crippen LogP contribution is 2.19. The molecule has 0 aliphatic heterocycles. The van der Waals surface area contributed by atoms with Gasteiger partial charge < -0.3 is 18.9 Å². The van der Waals surface area contributed by atoms with Crippen LogP contribution in [0.3, 0.4) is 0 Å². The second-order valence-electron chi connectivity index (χ2n) is 8.34. The Morgan fingerprint density at radius 2 is 1.62 bits per heavy atom. The maximum atomic E-state index is 12.7. The fourth-order valence-corrected chi connectivity index (χ4v) is 2.93. The zero-order chi connectivity index (χ0) is 23.4. The third kappa shape index (κ3) is 9.06. The number of esters is 1. The highest BCUT2D eigenvalue weighted by molar-refractivity contribution is 5.82. The van der Waals surface area contributed by atoms with Gasteiger partial charge in [0.25, 0.3) is 0 Å². The van der Waals surface area contributed by atoms with Gasteiger partial charge in [-0.1, -0.05) is 42.5 Å². The molecule has 0 aliphatic carbocycles. The maximum Gasteiger partial charge on any atom is 0.340 e. The van der Waals surface area contributed by atoms with Crippen LogP contribution in [0.4, 0.5) is 0 Å². The first kappa shape index (κ1) is 25.3. The first-order valence-electron chi connectivity index (χ1n) is 10.7. The highest BCUT2D eigenvalue weighted by Gasteiger charge is 2.30. The fraction of sp³-hybridized carbons (Fsp3) is 0.423. The molecule has 0 saturated heterocycles. The van der Waals surface area contributed by atoms with E-state index >= 15 is 0 Å². The van der Waals surface area contributed by atoms with Gasteiger partial charge in [0, 0.05) is 6.61 Å². The molecule has 0 saturated carbocycles. The van der Waals surface area contributed by atoms with E-state index in [-0.39, 0.29) is 12.2 Å². The van der Waals surface area contributed by atoms with E-state index < -0.39 is 17.7 Å². The second kappa shape index (κ2) is 12.8. The van der Waals surface area contributed by atoms with Crippen LogP contribution in [0, 0.1) is 0 Å². The molecule has 0 aliphatic rings. The van der Waals surface area contributed by atoms with E-state index in [2.05, 4.69) is 0 Å². The van der Waals surface area contributed by atoms with Crippen LogP contribution in [0.5, 0.6) is 5.75 Å². The fourth-order valence-electron chi connectivity index (χ4n) is 2.93. The minimum Gasteiger partial charge on any atom is -0.497 e. The highest BCUT2D eigenvalue weighted by atomic mass is 16.6. The van der Waals surface area contributed by atoms with Crippen molar-refractivity contribution in [2.75, 3.05) is 13.7 Å². The van der Waals surface area contributed by atoms with Crippen molar-refractivity contribution in [2.24, 2.45) is 0 Å². The quantitative estimate of drug-likeness (QED) is 0.271. The Kier molecular flexibility index (Phi) is 10.2. The summed E-state index contributed by atoms with van der Waals surface area (Å²) in [6.45, 7) is 6.38. The van der Waals surface area contributed by atoms with Gasteiger partial charge in [-0.05, 0) is 56.9 Å². The normalized spacial score (nSPS) is 12.0. The summed E-state index contributed by atoms with van der Waals surface area (Å²) >= 11 is 0. The van der Waals surface area contributed by atoms with Crippen molar-refractivity contribution >= 4 is 11.9 Å². The summed E-state index contributed by atoms with van der Waals surface area (Å²) in [7, 11) is 1.62. The maximum absolute atomic E-state index is 12.7. The number of carbonyl (C=O) groups excluding carboxylic acids is 2. The van der Waals surface area contributed by atoms with E-state index in [9.17, 15) is 9.59 Å². The number of benzene rings is 2. The Bertz CT molecular complexity index is 877. The van der Waals surface area contributed by atoms with E-state index in [0.29, 0.717) is 26.1 Å².